The zero-order valence-corrected chi connectivity index (χ0v) is 16.1. The van der Waals surface area contributed by atoms with Gasteiger partial charge in [0.1, 0.15) is 5.60 Å². The van der Waals surface area contributed by atoms with Gasteiger partial charge in [0.15, 0.2) is 0 Å². The van der Waals surface area contributed by atoms with Crippen LogP contribution in [0.25, 0.3) is 0 Å². The van der Waals surface area contributed by atoms with Gasteiger partial charge >= 0.3 is 0 Å². The fourth-order valence-corrected chi connectivity index (χ4v) is 4.95. The van der Waals surface area contributed by atoms with E-state index in [-0.39, 0.29) is 17.6 Å². The van der Waals surface area contributed by atoms with Crippen molar-refractivity contribution in [2.45, 2.75) is 45.0 Å². The number of likely N-dealkylation sites (tertiary alicyclic amines) is 1. The van der Waals surface area contributed by atoms with Crippen molar-refractivity contribution in [3.63, 3.8) is 0 Å². The number of carbonyl (C=O) groups excluding carboxylic acids is 1. The van der Waals surface area contributed by atoms with Crippen LogP contribution in [0.2, 0.25) is 0 Å². The zero-order chi connectivity index (χ0) is 17.4. The number of thiophene rings is 1. The van der Waals surface area contributed by atoms with Crippen LogP contribution in [-0.4, -0.2) is 47.2 Å². The maximum absolute atomic E-state index is 12.5. The first-order valence-corrected chi connectivity index (χ1v) is 10.2. The second-order valence-electron chi connectivity index (χ2n) is 6.89. The zero-order valence-electron chi connectivity index (χ0n) is 14.5. The molecule has 2 fully saturated rings. The maximum Gasteiger partial charge on any atom is 0.264 e. The molecule has 0 bridgehead atoms. The third kappa shape index (κ3) is 3.65. The number of nitrogens with zero attached hydrogens (tertiary/aromatic N) is 2. The van der Waals surface area contributed by atoms with Gasteiger partial charge in [-0.15, -0.1) is 22.7 Å². The quantitative estimate of drug-likeness (QED) is 0.818. The molecule has 7 heteroatoms. The van der Waals surface area contributed by atoms with Crippen molar-refractivity contribution < 1.29 is 14.3 Å². The molecule has 0 aliphatic carbocycles. The third-order valence-electron chi connectivity index (χ3n) is 4.78. The van der Waals surface area contributed by atoms with Gasteiger partial charge in [0, 0.05) is 23.3 Å². The Hall–Kier alpha value is -1.28. The van der Waals surface area contributed by atoms with Gasteiger partial charge in [-0.1, -0.05) is 0 Å². The lowest BCUT2D eigenvalue weighted by atomic mass is 9.84. The second kappa shape index (κ2) is 6.79. The summed E-state index contributed by atoms with van der Waals surface area (Å²) in [5.41, 5.74) is 0.782. The summed E-state index contributed by atoms with van der Waals surface area (Å²) in [6.07, 6.45) is 1.93. The largest absolute Gasteiger partial charge is 0.372 e. The minimum absolute atomic E-state index is 0.119. The van der Waals surface area contributed by atoms with Crippen LogP contribution in [0.5, 0.6) is 0 Å². The second-order valence-corrected chi connectivity index (χ2v) is 9.24. The van der Waals surface area contributed by atoms with Gasteiger partial charge < -0.3 is 14.4 Å². The molecule has 4 rings (SSSR count). The average Bonchev–Trinajstić information content (AvgIpc) is 3.18. The van der Waals surface area contributed by atoms with Crippen molar-refractivity contribution in [2.75, 3.05) is 19.7 Å². The van der Waals surface area contributed by atoms with Crippen LogP contribution in [0.3, 0.4) is 0 Å². The van der Waals surface area contributed by atoms with Gasteiger partial charge in [0.2, 0.25) is 0 Å². The number of ether oxygens (including phenoxy) is 2. The molecule has 0 radical (unpaired) electrons. The topological polar surface area (TPSA) is 51.7 Å². The van der Waals surface area contributed by atoms with Gasteiger partial charge in [-0.05, 0) is 32.4 Å². The van der Waals surface area contributed by atoms with Gasteiger partial charge in [-0.25, -0.2) is 4.98 Å². The lowest BCUT2D eigenvalue weighted by Crippen LogP contribution is -2.67. The molecule has 2 aromatic heterocycles. The van der Waals surface area contributed by atoms with Crippen molar-refractivity contribution in [2.24, 2.45) is 0 Å². The van der Waals surface area contributed by atoms with E-state index in [1.807, 2.05) is 30.9 Å². The van der Waals surface area contributed by atoms with Gasteiger partial charge in [0.25, 0.3) is 5.91 Å². The molecule has 5 nitrogen and oxygen atoms in total. The molecular formula is C18H22N2O3S2. The number of aryl methyl sites for hydroxylation is 2. The minimum atomic E-state index is -0.219. The summed E-state index contributed by atoms with van der Waals surface area (Å²) in [7, 11) is 0. The Bertz CT molecular complexity index is 764. The molecule has 25 heavy (non-hydrogen) atoms. The molecule has 2 aromatic rings. The summed E-state index contributed by atoms with van der Waals surface area (Å²) in [5, 5.41) is 3.12. The molecule has 0 N–H and O–H groups in total. The van der Waals surface area contributed by atoms with Crippen molar-refractivity contribution >= 4 is 28.6 Å². The van der Waals surface area contributed by atoms with E-state index >= 15 is 0 Å². The number of carbonyl (C=O) groups is 1. The summed E-state index contributed by atoms with van der Waals surface area (Å²) in [6, 6.07) is 3.91. The van der Waals surface area contributed by atoms with E-state index in [0.717, 1.165) is 28.4 Å². The van der Waals surface area contributed by atoms with E-state index in [4.69, 9.17) is 9.47 Å². The Morgan fingerprint density at radius 2 is 2.28 bits per heavy atom. The van der Waals surface area contributed by atoms with Crippen molar-refractivity contribution in [1.82, 2.24) is 9.88 Å². The van der Waals surface area contributed by atoms with Crippen LogP contribution in [-0.2, 0) is 16.1 Å². The average molecular weight is 379 g/mol. The molecule has 1 spiro atoms. The van der Waals surface area contributed by atoms with E-state index in [0.29, 0.717) is 26.3 Å². The predicted octanol–water partition coefficient (Wildman–Crippen LogP) is 3.41. The Morgan fingerprint density at radius 3 is 2.96 bits per heavy atom. The standard InChI is InChI=1S/C18H22N2O3S2/c1-12-3-4-16(25-12)17(21)20-10-18(11-20)7-15(5-6-23-18)22-8-14-9-24-13(2)19-14/h3-4,9,15H,5-8,10-11H2,1-2H3. The first-order chi connectivity index (χ1) is 12.0. The first kappa shape index (κ1) is 17.1. The summed E-state index contributed by atoms with van der Waals surface area (Å²) in [4.78, 5) is 20.8. The number of hydrogen-bond donors (Lipinski definition) is 0. The monoisotopic (exact) mass is 378 g/mol. The Labute approximate surface area is 155 Å². The van der Waals surface area contributed by atoms with Crippen LogP contribution in [0, 0.1) is 13.8 Å². The molecule has 2 saturated heterocycles. The molecule has 1 unspecified atom stereocenters. The lowest BCUT2D eigenvalue weighted by Gasteiger charge is -2.52. The molecule has 1 atom stereocenters. The molecule has 134 valence electrons. The van der Waals surface area contributed by atoms with Crippen LogP contribution in [0.1, 0.15) is 38.1 Å². The minimum Gasteiger partial charge on any atom is -0.372 e. The molecule has 0 saturated carbocycles. The SMILES string of the molecule is Cc1ccc(C(=O)N2CC3(CC(OCc4csc(C)n4)CCO3)C2)s1. The highest BCUT2D eigenvalue weighted by Gasteiger charge is 2.49. The normalized spacial score (nSPS) is 22.2. The highest BCUT2D eigenvalue weighted by molar-refractivity contribution is 7.13. The Morgan fingerprint density at radius 1 is 1.44 bits per heavy atom. The smallest absolute Gasteiger partial charge is 0.264 e. The molecule has 2 aliphatic heterocycles. The van der Waals surface area contributed by atoms with E-state index in [1.165, 1.54) is 4.88 Å². The summed E-state index contributed by atoms with van der Waals surface area (Å²) < 4.78 is 12.1. The molecule has 2 aliphatic rings. The van der Waals surface area contributed by atoms with Crippen LogP contribution in [0.15, 0.2) is 17.5 Å². The van der Waals surface area contributed by atoms with Gasteiger partial charge in [0.05, 0.1) is 41.4 Å². The summed E-state index contributed by atoms with van der Waals surface area (Å²) >= 11 is 3.20. The fourth-order valence-electron chi connectivity index (χ4n) is 3.52. The molecular weight excluding hydrogens is 356 g/mol. The molecule has 0 aromatic carbocycles. The van der Waals surface area contributed by atoms with Gasteiger partial charge in [-0.2, -0.15) is 0 Å². The Balaban J connectivity index is 1.30. The summed E-state index contributed by atoms with van der Waals surface area (Å²) in [6.45, 7) is 6.61. The van der Waals surface area contributed by atoms with E-state index < -0.39 is 0 Å². The highest BCUT2D eigenvalue weighted by atomic mass is 32.1. The van der Waals surface area contributed by atoms with Crippen LogP contribution in [0.4, 0.5) is 0 Å². The van der Waals surface area contributed by atoms with Crippen LogP contribution < -0.4 is 0 Å². The highest BCUT2D eigenvalue weighted by Crippen LogP contribution is 2.36. The predicted molar refractivity (Wildman–Crippen MR) is 98.3 cm³/mol. The van der Waals surface area contributed by atoms with Crippen molar-refractivity contribution in [3.05, 3.63) is 38.0 Å². The number of amides is 1. The lowest BCUT2D eigenvalue weighted by molar-refractivity contribution is -0.188. The van der Waals surface area contributed by atoms with Crippen LogP contribution >= 0.6 is 22.7 Å². The van der Waals surface area contributed by atoms with E-state index in [1.54, 1.807) is 22.7 Å². The van der Waals surface area contributed by atoms with E-state index in [2.05, 4.69) is 10.4 Å². The van der Waals surface area contributed by atoms with Crippen molar-refractivity contribution in [1.29, 1.82) is 0 Å². The number of hydrogen-bond acceptors (Lipinski definition) is 6. The first-order valence-electron chi connectivity index (χ1n) is 8.55. The van der Waals surface area contributed by atoms with Gasteiger partial charge in [-0.3, -0.25) is 4.79 Å². The van der Waals surface area contributed by atoms with E-state index in [9.17, 15) is 4.79 Å². The third-order valence-corrected chi connectivity index (χ3v) is 6.59. The van der Waals surface area contributed by atoms with Crippen molar-refractivity contribution in [3.8, 4) is 0 Å². The molecule has 4 heterocycles. The number of aromatic nitrogens is 1. The molecule has 1 amide bonds. The summed E-state index contributed by atoms with van der Waals surface area (Å²) in [5.74, 6) is 0.119. The fraction of sp³-hybridized carbons (Fsp3) is 0.556. The number of thiazole rings is 1. The maximum atomic E-state index is 12.5. The number of rotatable bonds is 4. The Kier molecular flexibility index (Phi) is 4.66.